The molecule has 1 aliphatic rings. The van der Waals surface area contributed by atoms with Crippen LogP contribution in [0.1, 0.15) is 0 Å². The van der Waals surface area contributed by atoms with Gasteiger partial charge < -0.3 is 15.2 Å². The van der Waals surface area contributed by atoms with Gasteiger partial charge in [-0.15, -0.1) is 0 Å². The van der Waals surface area contributed by atoms with Crippen LogP contribution in [-0.2, 0) is 0 Å². The zero-order chi connectivity index (χ0) is 14.1. The number of fused-ring (bicyclic) bond motifs is 1. The van der Waals surface area contributed by atoms with E-state index in [1.54, 1.807) is 0 Å². The highest BCUT2D eigenvalue weighted by Crippen LogP contribution is 2.27. The molecule has 3 aromatic rings. The molecule has 4 heterocycles. The van der Waals surface area contributed by atoms with Crippen molar-refractivity contribution < 1.29 is 0 Å². The molecule has 1 aliphatic heterocycles. The summed E-state index contributed by atoms with van der Waals surface area (Å²) in [5.74, 6) is 1.05. The number of aromatic nitrogens is 3. The van der Waals surface area contributed by atoms with Crippen LogP contribution in [0.25, 0.3) is 22.3 Å². The third-order valence-electron chi connectivity index (χ3n) is 3.91. The summed E-state index contributed by atoms with van der Waals surface area (Å²) < 4.78 is 0. The van der Waals surface area contributed by atoms with Gasteiger partial charge in [-0.2, -0.15) is 0 Å². The lowest BCUT2D eigenvalue weighted by Gasteiger charge is -2.28. The van der Waals surface area contributed by atoms with E-state index in [9.17, 15) is 0 Å². The predicted molar refractivity (Wildman–Crippen MR) is 84.4 cm³/mol. The zero-order valence-corrected chi connectivity index (χ0v) is 11.7. The second-order valence-electron chi connectivity index (χ2n) is 5.22. The molecule has 0 bridgehead atoms. The minimum Gasteiger partial charge on any atom is -0.354 e. The van der Waals surface area contributed by atoms with Gasteiger partial charge in [-0.3, -0.25) is 0 Å². The van der Waals surface area contributed by atoms with Gasteiger partial charge in [0, 0.05) is 49.5 Å². The van der Waals surface area contributed by atoms with Gasteiger partial charge in [-0.25, -0.2) is 9.97 Å². The van der Waals surface area contributed by atoms with Crippen molar-refractivity contribution in [1.82, 2.24) is 20.3 Å². The van der Waals surface area contributed by atoms with Gasteiger partial charge in [0.15, 0.2) is 0 Å². The van der Waals surface area contributed by atoms with Gasteiger partial charge in [-0.05, 0) is 24.3 Å². The van der Waals surface area contributed by atoms with Crippen molar-refractivity contribution in [2.24, 2.45) is 0 Å². The predicted octanol–water partition coefficient (Wildman–Crippen LogP) is 2.03. The molecule has 0 atom stereocenters. The van der Waals surface area contributed by atoms with Gasteiger partial charge in [0.1, 0.15) is 11.5 Å². The molecule has 3 aromatic heterocycles. The van der Waals surface area contributed by atoms with Gasteiger partial charge >= 0.3 is 0 Å². The van der Waals surface area contributed by atoms with Crippen molar-refractivity contribution >= 4 is 16.9 Å². The molecule has 21 heavy (non-hydrogen) atoms. The number of pyridine rings is 2. The number of aromatic amines is 1. The first-order valence-electron chi connectivity index (χ1n) is 7.27. The Kier molecular flexibility index (Phi) is 3.05. The third-order valence-corrected chi connectivity index (χ3v) is 3.91. The normalized spacial score (nSPS) is 15.5. The van der Waals surface area contributed by atoms with Crippen molar-refractivity contribution in [3.63, 3.8) is 0 Å². The number of anilines is 1. The first kappa shape index (κ1) is 12.3. The Labute approximate surface area is 123 Å². The summed E-state index contributed by atoms with van der Waals surface area (Å²) in [4.78, 5) is 14.7. The molecule has 0 saturated carbocycles. The van der Waals surface area contributed by atoms with Crippen LogP contribution in [0.2, 0.25) is 0 Å². The Morgan fingerprint density at radius 2 is 1.95 bits per heavy atom. The number of H-pyrrole nitrogens is 1. The Morgan fingerprint density at radius 3 is 2.86 bits per heavy atom. The van der Waals surface area contributed by atoms with Crippen molar-refractivity contribution in [1.29, 1.82) is 0 Å². The van der Waals surface area contributed by atoms with E-state index in [2.05, 4.69) is 44.5 Å². The Morgan fingerprint density at radius 1 is 1.05 bits per heavy atom. The average Bonchev–Trinajstić information content (AvgIpc) is 3.04. The summed E-state index contributed by atoms with van der Waals surface area (Å²) >= 11 is 0. The largest absolute Gasteiger partial charge is 0.354 e. The van der Waals surface area contributed by atoms with Crippen LogP contribution in [0.5, 0.6) is 0 Å². The molecule has 5 nitrogen and oxygen atoms in total. The van der Waals surface area contributed by atoms with Crippen LogP contribution in [0.4, 0.5) is 5.82 Å². The quantitative estimate of drug-likeness (QED) is 0.753. The lowest BCUT2D eigenvalue weighted by molar-refractivity contribution is 0.585. The van der Waals surface area contributed by atoms with Crippen molar-refractivity contribution in [3.05, 3.63) is 42.7 Å². The first-order chi connectivity index (χ1) is 10.4. The highest BCUT2D eigenvalue weighted by atomic mass is 15.2. The molecule has 0 aromatic carbocycles. The molecule has 0 unspecified atom stereocenters. The topological polar surface area (TPSA) is 56.8 Å². The van der Waals surface area contributed by atoms with E-state index in [1.807, 2.05) is 18.5 Å². The summed E-state index contributed by atoms with van der Waals surface area (Å²) in [6.07, 6.45) is 3.74. The SMILES string of the molecule is c1cc(-c2ccnc3[nH]ccc23)nc(N2CCNCC2)c1. The molecule has 1 saturated heterocycles. The van der Waals surface area contributed by atoms with E-state index in [1.165, 1.54) is 0 Å². The number of piperazine rings is 1. The Bertz CT molecular complexity index is 758. The monoisotopic (exact) mass is 279 g/mol. The molecule has 1 fully saturated rings. The van der Waals surface area contributed by atoms with Crippen LogP contribution in [-0.4, -0.2) is 41.1 Å². The maximum atomic E-state index is 4.85. The van der Waals surface area contributed by atoms with Crippen LogP contribution in [0.3, 0.4) is 0 Å². The van der Waals surface area contributed by atoms with Crippen LogP contribution in [0, 0.1) is 0 Å². The highest BCUT2D eigenvalue weighted by Gasteiger charge is 2.13. The number of hydrogen-bond donors (Lipinski definition) is 2. The lowest BCUT2D eigenvalue weighted by atomic mass is 10.1. The smallest absolute Gasteiger partial charge is 0.137 e. The summed E-state index contributed by atoms with van der Waals surface area (Å²) in [6, 6.07) is 10.3. The molecule has 106 valence electrons. The minimum atomic E-state index is 0.905. The molecular weight excluding hydrogens is 262 g/mol. The molecule has 0 amide bonds. The summed E-state index contributed by atoms with van der Waals surface area (Å²) in [5, 5.41) is 4.48. The molecule has 5 heteroatoms. The molecule has 4 rings (SSSR count). The maximum absolute atomic E-state index is 4.85. The number of hydrogen-bond acceptors (Lipinski definition) is 4. The van der Waals surface area contributed by atoms with Crippen molar-refractivity contribution in [2.45, 2.75) is 0 Å². The second-order valence-corrected chi connectivity index (χ2v) is 5.22. The fourth-order valence-electron chi connectivity index (χ4n) is 2.83. The number of nitrogens with zero attached hydrogens (tertiary/aromatic N) is 3. The van der Waals surface area contributed by atoms with Gasteiger partial charge in [0.2, 0.25) is 0 Å². The summed E-state index contributed by atoms with van der Waals surface area (Å²) in [6.45, 7) is 4.05. The summed E-state index contributed by atoms with van der Waals surface area (Å²) in [5.41, 5.74) is 3.03. The summed E-state index contributed by atoms with van der Waals surface area (Å²) in [7, 11) is 0. The zero-order valence-electron chi connectivity index (χ0n) is 11.7. The third kappa shape index (κ3) is 2.25. The molecule has 0 aliphatic carbocycles. The number of rotatable bonds is 2. The minimum absolute atomic E-state index is 0.905. The molecule has 2 N–H and O–H groups in total. The standard InChI is InChI=1S/C16H17N5/c1-2-14(12-4-6-18-16-13(12)5-7-19-16)20-15(3-1)21-10-8-17-9-11-21/h1-7,17H,8-11H2,(H,18,19). The van der Waals surface area contributed by atoms with Crippen LogP contribution >= 0.6 is 0 Å². The maximum Gasteiger partial charge on any atom is 0.137 e. The fourth-order valence-corrected chi connectivity index (χ4v) is 2.83. The first-order valence-corrected chi connectivity index (χ1v) is 7.27. The second kappa shape index (κ2) is 5.18. The molecule has 0 radical (unpaired) electrons. The van der Waals surface area contributed by atoms with E-state index < -0.39 is 0 Å². The van der Waals surface area contributed by atoms with E-state index in [0.29, 0.717) is 0 Å². The highest BCUT2D eigenvalue weighted by molar-refractivity contribution is 5.91. The van der Waals surface area contributed by atoms with Crippen LogP contribution in [0.15, 0.2) is 42.7 Å². The van der Waals surface area contributed by atoms with Crippen LogP contribution < -0.4 is 10.2 Å². The van der Waals surface area contributed by atoms with E-state index in [4.69, 9.17) is 4.98 Å². The average molecular weight is 279 g/mol. The fraction of sp³-hybridized carbons (Fsp3) is 0.250. The Balaban J connectivity index is 1.76. The number of nitrogens with one attached hydrogen (secondary N) is 2. The van der Waals surface area contributed by atoms with E-state index in [0.717, 1.165) is 54.3 Å². The van der Waals surface area contributed by atoms with Gasteiger partial charge in [0.25, 0.3) is 0 Å². The lowest BCUT2D eigenvalue weighted by Crippen LogP contribution is -2.43. The molecular formula is C16H17N5. The van der Waals surface area contributed by atoms with Gasteiger partial charge in [-0.1, -0.05) is 6.07 Å². The van der Waals surface area contributed by atoms with Crippen molar-refractivity contribution in [3.8, 4) is 11.3 Å². The van der Waals surface area contributed by atoms with E-state index in [-0.39, 0.29) is 0 Å². The van der Waals surface area contributed by atoms with E-state index >= 15 is 0 Å². The molecule has 0 spiro atoms. The van der Waals surface area contributed by atoms with Gasteiger partial charge in [0.05, 0.1) is 5.69 Å². The Hall–Kier alpha value is -2.40. The van der Waals surface area contributed by atoms with Crippen molar-refractivity contribution in [2.75, 3.05) is 31.1 Å².